The Balaban J connectivity index is 2.87. The number of aliphatic carboxylic acids is 1. The van der Waals surface area contributed by atoms with Crippen LogP contribution in [0, 0.1) is 11.8 Å². The first kappa shape index (κ1) is 18.2. The normalized spacial score (nSPS) is 26.1. The summed E-state index contributed by atoms with van der Waals surface area (Å²) in [5.41, 5.74) is 0.926. The van der Waals surface area contributed by atoms with Crippen LogP contribution in [0.2, 0.25) is 0 Å². The highest BCUT2D eigenvalue weighted by Crippen LogP contribution is 2.35. The molecule has 0 aromatic carbocycles. The monoisotopic (exact) mass is 312 g/mol. The maximum Gasteiger partial charge on any atom is 0.303 e. The lowest BCUT2D eigenvalue weighted by Gasteiger charge is -2.33. The molecular weight excluding hydrogens is 288 g/mol. The van der Waals surface area contributed by atoms with Crippen LogP contribution in [0.1, 0.15) is 33.1 Å². The minimum atomic E-state index is -0.920. The van der Waals surface area contributed by atoms with E-state index < -0.39 is 18.0 Å². The van der Waals surface area contributed by atoms with E-state index in [0.717, 1.165) is 5.57 Å². The molecule has 0 spiro atoms. The van der Waals surface area contributed by atoms with Crippen LogP contribution in [0.25, 0.3) is 0 Å². The molecule has 0 aliphatic heterocycles. The second kappa shape index (κ2) is 7.98. The summed E-state index contributed by atoms with van der Waals surface area (Å²) < 4.78 is 10.2. The molecule has 6 heteroatoms. The van der Waals surface area contributed by atoms with Crippen LogP contribution in [-0.2, 0) is 19.1 Å². The van der Waals surface area contributed by atoms with E-state index in [1.54, 1.807) is 6.92 Å². The standard InChI is InChI=1S/C16H24O6/c1-9(6-8-12(17)18)5-7-11-10(2)13(19)15(21-3)16(22-4)14(11)20/h5,10-11,14,20H,6-8H2,1-4H3,(H,17,18)/b9-5+/t10-,11-,14-/m1/s1. The number of aliphatic hydroxyl groups excluding tert-OH is 1. The number of methoxy groups -OCH3 is 2. The molecular formula is C16H24O6. The van der Waals surface area contributed by atoms with Crippen LogP contribution < -0.4 is 0 Å². The second-order valence-corrected chi connectivity index (χ2v) is 5.54. The topological polar surface area (TPSA) is 93.1 Å². The van der Waals surface area contributed by atoms with Crippen LogP contribution in [0.3, 0.4) is 0 Å². The third-order valence-electron chi connectivity index (χ3n) is 4.07. The molecule has 6 nitrogen and oxygen atoms in total. The molecule has 0 fully saturated rings. The molecule has 2 N–H and O–H groups in total. The molecule has 22 heavy (non-hydrogen) atoms. The zero-order valence-electron chi connectivity index (χ0n) is 13.5. The Hall–Kier alpha value is -1.82. The molecule has 1 aliphatic rings. The number of carbonyl (C=O) groups excluding carboxylic acids is 1. The van der Waals surface area contributed by atoms with Gasteiger partial charge in [0.1, 0.15) is 6.10 Å². The van der Waals surface area contributed by atoms with Gasteiger partial charge in [0.2, 0.25) is 11.5 Å². The molecule has 0 amide bonds. The third-order valence-corrected chi connectivity index (χ3v) is 4.07. The number of carbonyl (C=O) groups is 2. The highest BCUT2D eigenvalue weighted by Gasteiger charge is 2.42. The van der Waals surface area contributed by atoms with E-state index in [-0.39, 0.29) is 29.6 Å². The number of carboxylic acids is 1. The summed E-state index contributed by atoms with van der Waals surface area (Å²) >= 11 is 0. The fourth-order valence-corrected chi connectivity index (χ4v) is 2.62. The van der Waals surface area contributed by atoms with Crippen LogP contribution in [0.15, 0.2) is 23.2 Å². The van der Waals surface area contributed by atoms with Gasteiger partial charge in [0, 0.05) is 18.3 Å². The number of aliphatic hydroxyl groups is 1. The number of ether oxygens (including phenoxy) is 2. The predicted molar refractivity (Wildman–Crippen MR) is 80.0 cm³/mol. The Labute approximate surface area is 130 Å². The highest BCUT2D eigenvalue weighted by molar-refractivity contribution is 5.97. The van der Waals surface area contributed by atoms with Crippen molar-refractivity contribution in [1.29, 1.82) is 0 Å². The first-order valence-corrected chi connectivity index (χ1v) is 7.25. The molecule has 3 atom stereocenters. The molecule has 0 bridgehead atoms. The van der Waals surface area contributed by atoms with Crippen molar-refractivity contribution in [2.75, 3.05) is 14.2 Å². The van der Waals surface area contributed by atoms with Crippen molar-refractivity contribution in [3.8, 4) is 0 Å². The summed E-state index contributed by atoms with van der Waals surface area (Å²) in [6, 6.07) is 0. The number of hydrogen-bond donors (Lipinski definition) is 2. The zero-order chi connectivity index (χ0) is 16.9. The highest BCUT2D eigenvalue weighted by atomic mass is 16.5. The summed E-state index contributed by atoms with van der Waals surface area (Å²) in [6.07, 6.45) is 1.96. The molecule has 124 valence electrons. The van der Waals surface area contributed by atoms with Crippen molar-refractivity contribution in [3.63, 3.8) is 0 Å². The summed E-state index contributed by atoms with van der Waals surface area (Å²) in [5.74, 6) is -1.51. The van der Waals surface area contributed by atoms with Gasteiger partial charge in [0.05, 0.1) is 14.2 Å². The minimum Gasteiger partial charge on any atom is -0.494 e. The van der Waals surface area contributed by atoms with Gasteiger partial charge in [-0.1, -0.05) is 18.6 Å². The number of Topliss-reactive ketones (excluding diaryl/α,β-unsaturated/α-hetero) is 1. The van der Waals surface area contributed by atoms with E-state index in [1.807, 2.05) is 13.0 Å². The van der Waals surface area contributed by atoms with Crippen molar-refractivity contribution in [3.05, 3.63) is 23.2 Å². The van der Waals surface area contributed by atoms with E-state index in [0.29, 0.717) is 12.8 Å². The molecule has 0 aromatic rings. The van der Waals surface area contributed by atoms with Crippen molar-refractivity contribution in [2.45, 2.75) is 39.2 Å². The Morgan fingerprint density at radius 1 is 1.27 bits per heavy atom. The van der Waals surface area contributed by atoms with Crippen molar-refractivity contribution < 1.29 is 29.3 Å². The van der Waals surface area contributed by atoms with Gasteiger partial charge >= 0.3 is 5.97 Å². The zero-order valence-corrected chi connectivity index (χ0v) is 13.5. The van der Waals surface area contributed by atoms with Gasteiger partial charge in [0.25, 0.3) is 0 Å². The van der Waals surface area contributed by atoms with Gasteiger partial charge < -0.3 is 19.7 Å². The lowest BCUT2D eigenvalue weighted by molar-refractivity contribution is -0.137. The van der Waals surface area contributed by atoms with Gasteiger partial charge in [-0.25, -0.2) is 0 Å². The Morgan fingerprint density at radius 2 is 1.91 bits per heavy atom. The number of allylic oxidation sites excluding steroid dienone is 3. The van der Waals surface area contributed by atoms with E-state index in [1.165, 1.54) is 14.2 Å². The largest absolute Gasteiger partial charge is 0.494 e. The molecule has 0 heterocycles. The summed E-state index contributed by atoms with van der Waals surface area (Å²) in [4.78, 5) is 22.8. The molecule has 0 radical (unpaired) electrons. The van der Waals surface area contributed by atoms with E-state index in [9.17, 15) is 14.7 Å². The second-order valence-electron chi connectivity index (χ2n) is 5.54. The average Bonchev–Trinajstić information content (AvgIpc) is 2.48. The van der Waals surface area contributed by atoms with E-state index in [2.05, 4.69) is 0 Å². The summed E-state index contributed by atoms with van der Waals surface area (Å²) in [7, 11) is 2.77. The van der Waals surface area contributed by atoms with Gasteiger partial charge in [-0.05, 0) is 19.8 Å². The molecule has 0 unspecified atom stereocenters. The van der Waals surface area contributed by atoms with E-state index in [4.69, 9.17) is 14.6 Å². The maximum absolute atomic E-state index is 12.3. The van der Waals surface area contributed by atoms with Crippen molar-refractivity contribution in [2.24, 2.45) is 11.8 Å². The fraction of sp³-hybridized carbons (Fsp3) is 0.625. The lowest BCUT2D eigenvalue weighted by Crippen LogP contribution is -2.40. The molecule has 1 aliphatic carbocycles. The molecule has 1 rings (SSSR count). The van der Waals surface area contributed by atoms with Crippen LogP contribution in [0.4, 0.5) is 0 Å². The SMILES string of the molecule is COC1=C(OC)[C@H](O)[C@H](C/C=C(\C)CCC(=O)O)[C@@H](C)C1=O. The first-order valence-electron chi connectivity index (χ1n) is 7.25. The first-order chi connectivity index (χ1) is 10.3. The lowest BCUT2D eigenvalue weighted by atomic mass is 9.77. The molecule has 0 saturated carbocycles. The fourth-order valence-electron chi connectivity index (χ4n) is 2.62. The van der Waals surface area contributed by atoms with Crippen LogP contribution >= 0.6 is 0 Å². The Morgan fingerprint density at radius 3 is 2.41 bits per heavy atom. The molecule has 0 aromatic heterocycles. The third kappa shape index (κ3) is 4.10. The number of hydrogen-bond acceptors (Lipinski definition) is 5. The number of rotatable bonds is 7. The Kier molecular flexibility index (Phi) is 6.61. The average molecular weight is 312 g/mol. The quantitative estimate of drug-likeness (QED) is 0.697. The van der Waals surface area contributed by atoms with Crippen molar-refractivity contribution >= 4 is 11.8 Å². The summed E-state index contributed by atoms with van der Waals surface area (Å²) in [6.45, 7) is 3.60. The summed E-state index contributed by atoms with van der Waals surface area (Å²) in [5, 5.41) is 19.1. The number of carboxylic acid groups (broad SMARTS) is 1. The van der Waals surface area contributed by atoms with Crippen LogP contribution in [0.5, 0.6) is 0 Å². The smallest absolute Gasteiger partial charge is 0.303 e. The Bertz CT molecular complexity index is 491. The minimum absolute atomic E-state index is 0.0705. The van der Waals surface area contributed by atoms with Gasteiger partial charge in [-0.15, -0.1) is 0 Å². The van der Waals surface area contributed by atoms with Gasteiger partial charge in [0.15, 0.2) is 5.76 Å². The van der Waals surface area contributed by atoms with Crippen molar-refractivity contribution in [1.82, 2.24) is 0 Å². The van der Waals surface area contributed by atoms with Gasteiger partial charge in [-0.3, -0.25) is 9.59 Å². The molecule has 0 saturated heterocycles. The number of ketones is 1. The van der Waals surface area contributed by atoms with E-state index >= 15 is 0 Å². The van der Waals surface area contributed by atoms with Gasteiger partial charge in [-0.2, -0.15) is 0 Å². The maximum atomic E-state index is 12.3. The van der Waals surface area contributed by atoms with Crippen LogP contribution in [-0.4, -0.2) is 42.3 Å². The predicted octanol–water partition coefficient (Wildman–Crippen LogP) is 1.89.